The van der Waals surface area contributed by atoms with E-state index in [1.165, 1.54) is 148 Å². The Bertz CT molecular complexity index is 677. The fraction of sp³-hybridized carbons (Fsp3) is 0.857. The first-order valence-corrected chi connectivity index (χ1v) is 20.3. The van der Waals surface area contributed by atoms with Gasteiger partial charge in [-0.25, -0.2) is 0 Å². The van der Waals surface area contributed by atoms with Crippen molar-refractivity contribution < 1.29 is 10.2 Å². The smallest absolute Gasteiger partial charge is 0.0585 e. The van der Waals surface area contributed by atoms with Crippen LogP contribution in [0.15, 0.2) is 36.5 Å². The molecule has 4 heteroatoms. The first-order valence-electron chi connectivity index (χ1n) is 20.3. The number of hydrogen-bond donors (Lipinski definition) is 4. The average Bonchev–Trinajstić information content (AvgIpc) is 3.07. The maximum atomic E-state index is 9.91. The first kappa shape index (κ1) is 45.1. The quantitative estimate of drug-likeness (QED) is 0.0402. The summed E-state index contributed by atoms with van der Waals surface area (Å²) >= 11 is 0. The number of allylic oxidation sites excluding steroid dienone is 6. The number of unbranched alkanes of at least 4 members (excludes halogenated alkanes) is 21. The zero-order valence-corrected chi connectivity index (χ0v) is 31.0. The van der Waals surface area contributed by atoms with Crippen LogP contribution < -0.4 is 11.5 Å². The molecule has 0 amide bonds. The number of aliphatic hydroxyl groups is 2. The molecule has 0 radical (unpaired) electrons. The van der Waals surface area contributed by atoms with E-state index >= 15 is 0 Å². The number of hydrogen-bond acceptors (Lipinski definition) is 4. The van der Waals surface area contributed by atoms with Crippen molar-refractivity contribution in [2.75, 3.05) is 13.2 Å². The van der Waals surface area contributed by atoms with Crippen LogP contribution in [0.2, 0.25) is 0 Å². The molecule has 0 aromatic rings. The van der Waals surface area contributed by atoms with Crippen molar-refractivity contribution in [3.63, 3.8) is 0 Å². The van der Waals surface area contributed by atoms with Gasteiger partial charge in [0, 0.05) is 12.1 Å². The van der Waals surface area contributed by atoms with Crippen molar-refractivity contribution in [2.45, 2.75) is 206 Å². The molecule has 0 saturated heterocycles. The van der Waals surface area contributed by atoms with E-state index in [0.29, 0.717) is 0 Å². The van der Waals surface area contributed by atoms with E-state index < -0.39 is 0 Å². The van der Waals surface area contributed by atoms with Crippen LogP contribution in [0.3, 0.4) is 0 Å². The van der Waals surface area contributed by atoms with Gasteiger partial charge in [-0.05, 0) is 82.5 Å². The summed E-state index contributed by atoms with van der Waals surface area (Å²) in [6.45, 7) is 4.52. The third-order valence-corrected chi connectivity index (χ3v) is 9.86. The fourth-order valence-electron chi connectivity index (χ4n) is 6.76. The lowest BCUT2D eigenvalue weighted by molar-refractivity contribution is 0.124. The summed E-state index contributed by atoms with van der Waals surface area (Å²) < 4.78 is 0. The Morgan fingerprint density at radius 1 is 0.391 bits per heavy atom. The molecule has 0 aliphatic heterocycles. The zero-order valence-electron chi connectivity index (χ0n) is 31.0. The number of nitrogens with two attached hydrogens (primary N) is 2. The lowest BCUT2D eigenvalue weighted by Crippen LogP contribution is -2.46. The molecule has 272 valence electrons. The van der Waals surface area contributed by atoms with Gasteiger partial charge in [-0.2, -0.15) is 0 Å². The molecule has 0 aromatic carbocycles. The van der Waals surface area contributed by atoms with E-state index in [9.17, 15) is 10.2 Å². The minimum Gasteiger partial charge on any atom is -0.395 e. The van der Waals surface area contributed by atoms with Gasteiger partial charge in [0.05, 0.1) is 13.2 Å². The van der Waals surface area contributed by atoms with Crippen molar-refractivity contribution in [1.82, 2.24) is 0 Å². The predicted octanol–water partition coefficient (Wildman–Crippen LogP) is 11.5. The van der Waals surface area contributed by atoms with Gasteiger partial charge in [-0.15, -0.1) is 0 Å². The topological polar surface area (TPSA) is 92.5 Å². The maximum Gasteiger partial charge on any atom is 0.0585 e. The third-order valence-electron chi connectivity index (χ3n) is 9.86. The molecule has 0 bridgehead atoms. The summed E-state index contributed by atoms with van der Waals surface area (Å²) in [5.41, 5.74) is 12.9. The number of aliphatic hydroxyl groups excluding tert-OH is 2. The van der Waals surface area contributed by atoms with Crippen molar-refractivity contribution in [3.8, 4) is 0 Å². The van der Waals surface area contributed by atoms with E-state index in [-0.39, 0.29) is 37.1 Å². The Kier molecular flexibility index (Phi) is 36.1. The molecule has 4 atom stereocenters. The van der Waals surface area contributed by atoms with Gasteiger partial charge >= 0.3 is 0 Å². The van der Waals surface area contributed by atoms with E-state index in [1.54, 1.807) is 0 Å². The predicted molar refractivity (Wildman–Crippen MR) is 205 cm³/mol. The molecule has 46 heavy (non-hydrogen) atoms. The second-order valence-corrected chi connectivity index (χ2v) is 14.1. The Morgan fingerprint density at radius 2 is 0.674 bits per heavy atom. The van der Waals surface area contributed by atoms with E-state index in [2.05, 4.69) is 50.3 Å². The molecule has 0 aliphatic carbocycles. The normalized spacial score (nSPS) is 15.0. The molecule has 1 unspecified atom stereocenters. The highest BCUT2D eigenvalue weighted by Crippen LogP contribution is 2.29. The Hall–Kier alpha value is -0.940. The highest BCUT2D eigenvalue weighted by Gasteiger charge is 2.30. The molecular weight excluding hydrogens is 564 g/mol. The van der Waals surface area contributed by atoms with Crippen LogP contribution in [0.1, 0.15) is 194 Å². The molecule has 6 N–H and O–H groups in total. The van der Waals surface area contributed by atoms with Crippen molar-refractivity contribution >= 4 is 0 Å². The third kappa shape index (κ3) is 29.2. The molecule has 0 rings (SSSR count). The highest BCUT2D eigenvalue weighted by atomic mass is 16.3. The molecule has 4 nitrogen and oxygen atoms in total. The average molecular weight is 647 g/mol. The van der Waals surface area contributed by atoms with Gasteiger partial charge in [0.15, 0.2) is 0 Å². The van der Waals surface area contributed by atoms with Crippen LogP contribution >= 0.6 is 0 Å². The lowest BCUT2D eigenvalue weighted by atomic mass is 9.76. The van der Waals surface area contributed by atoms with E-state index in [4.69, 9.17) is 11.5 Å². The van der Waals surface area contributed by atoms with Gasteiger partial charge in [0.2, 0.25) is 0 Å². The number of rotatable bonds is 36. The van der Waals surface area contributed by atoms with Gasteiger partial charge < -0.3 is 21.7 Å². The SMILES string of the molecule is CCCCC/C=C\C/C=C\CCCCCCCCC([C@@H](N)CO)[C@H](CCCCCCCC/C=C\CCCCCCCC)[C@H](N)CO. The highest BCUT2D eigenvalue weighted by molar-refractivity contribution is 4.92. The summed E-state index contributed by atoms with van der Waals surface area (Å²) in [6.07, 6.45) is 49.3. The van der Waals surface area contributed by atoms with Crippen LogP contribution in [-0.2, 0) is 0 Å². The first-order chi connectivity index (χ1) is 22.6. The second kappa shape index (κ2) is 36.9. The fourth-order valence-corrected chi connectivity index (χ4v) is 6.76. The van der Waals surface area contributed by atoms with Crippen LogP contribution in [-0.4, -0.2) is 35.5 Å². The maximum absolute atomic E-state index is 9.91. The Balaban J connectivity index is 4.09. The molecule has 0 heterocycles. The van der Waals surface area contributed by atoms with Gasteiger partial charge in [-0.3, -0.25) is 0 Å². The summed E-state index contributed by atoms with van der Waals surface area (Å²) in [6, 6.07) is -0.509. The van der Waals surface area contributed by atoms with Crippen LogP contribution in [0.5, 0.6) is 0 Å². The Morgan fingerprint density at radius 3 is 1.04 bits per heavy atom. The second-order valence-electron chi connectivity index (χ2n) is 14.1. The summed E-state index contributed by atoms with van der Waals surface area (Å²) in [4.78, 5) is 0. The summed E-state index contributed by atoms with van der Waals surface area (Å²) in [7, 11) is 0. The Labute approximate surface area is 288 Å². The van der Waals surface area contributed by atoms with Gasteiger partial charge in [0.25, 0.3) is 0 Å². The zero-order chi connectivity index (χ0) is 33.8. The van der Waals surface area contributed by atoms with Crippen molar-refractivity contribution in [2.24, 2.45) is 23.3 Å². The molecule has 0 saturated carbocycles. The molecular formula is C42H82N2O2. The van der Waals surface area contributed by atoms with Crippen molar-refractivity contribution in [1.29, 1.82) is 0 Å². The molecule has 0 aliphatic rings. The van der Waals surface area contributed by atoms with Gasteiger partial charge in [0.1, 0.15) is 0 Å². The minimum atomic E-state index is -0.255. The van der Waals surface area contributed by atoms with Crippen molar-refractivity contribution in [3.05, 3.63) is 36.5 Å². The van der Waals surface area contributed by atoms with E-state index in [1.807, 2.05) is 0 Å². The lowest BCUT2D eigenvalue weighted by Gasteiger charge is -2.34. The molecule has 0 fully saturated rings. The summed E-state index contributed by atoms with van der Waals surface area (Å²) in [5, 5.41) is 19.8. The van der Waals surface area contributed by atoms with E-state index in [0.717, 1.165) is 32.1 Å². The largest absolute Gasteiger partial charge is 0.395 e. The van der Waals surface area contributed by atoms with Crippen LogP contribution in [0.4, 0.5) is 0 Å². The molecule has 0 spiro atoms. The molecule has 0 aromatic heterocycles. The monoisotopic (exact) mass is 647 g/mol. The van der Waals surface area contributed by atoms with Crippen LogP contribution in [0, 0.1) is 11.8 Å². The standard InChI is InChI=1S/C42H82N2O2/c1-3-5-7-9-11-13-15-17-19-21-23-25-27-29-31-33-35-39(41(43)37-45)40(42(44)38-46)36-34-32-30-28-26-24-22-20-18-16-14-12-10-8-6-4-2/h11,13,17-20,39-42,45-46H,3-10,12,14-16,21-38,43-44H2,1-2H3/b13-11-,19-17-,20-18-/t39?,40-,41-,42+/m0/s1. The van der Waals surface area contributed by atoms with Crippen LogP contribution in [0.25, 0.3) is 0 Å². The summed E-state index contributed by atoms with van der Waals surface area (Å²) in [5.74, 6) is 0.364. The van der Waals surface area contributed by atoms with Gasteiger partial charge in [-0.1, -0.05) is 159 Å². The minimum absolute atomic E-state index is 0.00458.